The summed E-state index contributed by atoms with van der Waals surface area (Å²) >= 11 is 0. The van der Waals surface area contributed by atoms with E-state index in [9.17, 15) is 14.4 Å². The van der Waals surface area contributed by atoms with Crippen molar-refractivity contribution in [3.05, 3.63) is 89.0 Å². The van der Waals surface area contributed by atoms with E-state index in [2.05, 4.69) is 21.2 Å². The molecule has 3 aromatic rings. The van der Waals surface area contributed by atoms with E-state index in [4.69, 9.17) is 9.47 Å². The van der Waals surface area contributed by atoms with Crippen LogP contribution >= 0.6 is 0 Å². The SMILES string of the molecule is CCOc1cc(/C=N\NC(=O)C(=O)Nc2c(C)cccc2C)ccc1OCC(=O)NCc1ccccc1. The first-order valence-electron chi connectivity index (χ1n) is 11.8. The Morgan fingerprint density at radius 3 is 2.30 bits per heavy atom. The van der Waals surface area contributed by atoms with Crippen LogP contribution in [0.3, 0.4) is 0 Å². The number of amides is 3. The molecular formula is C28H30N4O5. The summed E-state index contributed by atoms with van der Waals surface area (Å²) in [7, 11) is 0. The van der Waals surface area contributed by atoms with Gasteiger partial charge in [-0.3, -0.25) is 14.4 Å². The molecule has 0 aliphatic carbocycles. The Bertz CT molecular complexity index is 1250. The number of hydrogen-bond donors (Lipinski definition) is 3. The lowest BCUT2D eigenvalue weighted by Gasteiger charge is -2.13. The van der Waals surface area contributed by atoms with Crippen molar-refractivity contribution in [3.8, 4) is 11.5 Å². The van der Waals surface area contributed by atoms with Gasteiger partial charge in [-0.25, -0.2) is 5.43 Å². The molecule has 0 spiro atoms. The molecule has 192 valence electrons. The van der Waals surface area contributed by atoms with Crippen molar-refractivity contribution in [1.29, 1.82) is 0 Å². The van der Waals surface area contributed by atoms with Crippen LogP contribution in [0.2, 0.25) is 0 Å². The van der Waals surface area contributed by atoms with Crippen molar-refractivity contribution in [1.82, 2.24) is 10.7 Å². The fourth-order valence-corrected chi connectivity index (χ4v) is 3.38. The lowest BCUT2D eigenvalue weighted by Crippen LogP contribution is -2.32. The van der Waals surface area contributed by atoms with Gasteiger partial charge in [-0.1, -0.05) is 48.5 Å². The summed E-state index contributed by atoms with van der Waals surface area (Å²) in [4.78, 5) is 36.6. The maximum atomic E-state index is 12.2. The molecule has 0 fully saturated rings. The number of aryl methyl sites for hydroxylation is 2. The third-order valence-corrected chi connectivity index (χ3v) is 5.26. The molecule has 0 bridgehead atoms. The maximum Gasteiger partial charge on any atom is 0.329 e. The molecule has 0 heterocycles. The number of hydrazone groups is 1. The van der Waals surface area contributed by atoms with Crippen molar-refractivity contribution >= 4 is 29.6 Å². The van der Waals surface area contributed by atoms with Gasteiger partial charge in [-0.15, -0.1) is 0 Å². The van der Waals surface area contributed by atoms with Crippen molar-refractivity contribution in [2.45, 2.75) is 27.3 Å². The highest BCUT2D eigenvalue weighted by atomic mass is 16.5. The van der Waals surface area contributed by atoms with Crippen molar-refractivity contribution in [2.75, 3.05) is 18.5 Å². The van der Waals surface area contributed by atoms with Gasteiger partial charge in [-0.2, -0.15) is 5.10 Å². The van der Waals surface area contributed by atoms with Crippen molar-refractivity contribution < 1.29 is 23.9 Å². The highest BCUT2D eigenvalue weighted by Gasteiger charge is 2.15. The number of benzene rings is 3. The van der Waals surface area contributed by atoms with Gasteiger partial charge in [0.15, 0.2) is 18.1 Å². The molecule has 3 rings (SSSR count). The molecule has 0 saturated carbocycles. The van der Waals surface area contributed by atoms with Crippen LogP contribution in [0.5, 0.6) is 11.5 Å². The molecule has 0 atom stereocenters. The highest BCUT2D eigenvalue weighted by molar-refractivity contribution is 6.39. The van der Waals surface area contributed by atoms with E-state index in [1.165, 1.54) is 6.21 Å². The molecule has 0 saturated heterocycles. The minimum Gasteiger partial charge on any atom is -0.490 e. The summed E-state index contributed by atoms with van der Waals surface area (Å²) in [6, 6.07) is 20.1. The number of carbonyl (C=O) groups is 3. The second kappa shape index (κ2) is 13.4. The number of nitrogens with one attached hydrogen (secondary N) is 3. The van der Waals surface area contributed by atoms with Gasteiger partial charge >= 0.3 is 11.8 Å². The number of carbonyl (C=O) groups excluding carboxylic acids is 3. The predicted molar refractivity (Wildman–Crippen MR) is 142 cm³/mol. The Morgan fingerprint density at radius 2 is 1.59 bits per heavy atom. The van der Waals surface area contributed by atoms with Crippen LogP contribution in [0.4, 0.5) is 5.69 Å². The van der Waals surface area contributed by atoms with E-state index in [0.717, 1.165) is 16.7 Å². The molecule has 3 amide bonds. The molecule has 9 heteroatoms. The van der Waals surface area contributed by atoms with E-state index in [0.29, 0.717) is 35.9 Å². The Labute approximate surface area is 215 Å². The Morgan fingerprint density at radius 1 is 0.865 bits per heavy atom. The zero-order valence-corrected chi connectivity index (χ0v) is 21.0. The molecular weight excluding hydrogens is 472 g/mol. The summed E-state index contributed by atoms with van der Waals surface area (Å²) in [5, 5.41) is 9.27. The average molecular weight is 503 g/mol. The molecule has 3 N–H and O–H groups in total. The van der Waals surface area contributed by atoms with Crippen molar-refractivity contribution in [3.63, 3.8) is 0 Å². The van der Waals surface area contributed by atoms with Gasteiger partial charge in [-0.05, 0) is 61.2 Å². The monoisotopic (exact) mass is 502 g/mol. The molecule has 3 aromatic carbocycles. The van der Waals surface area contributed by atoms with Crippen LogP contribution in [0.1, 0.15) is 29.2 Å². The van der Waals surface area contributed by atoms with E-state index < -0.39 is 11.8 Å². The average Bonchev–Trinajstić information content (AvgIpc) is 2.89. The maximum absolute atomic E-state index is 12.2. The number of nitrogens with zero attached hydrogens (tertiary/aromatic N) is 1. The summed E-state index contributed by atoms with van der Waals surface area (Å²) in [6.07, 6.45) is 1.38. The van der Waals surface area contributed by atoms with Gasteiger partial charge in [0.1, 0.15) is 0 Å². The predicted octanol–water partition coefficient (Wildman–Crippen LogP) is 3.49. The lowest BCUT2D eigenvalue weighted by atomic mass is 10.1. The zero-order valence-electron chi connectivity index (χ0n) is 21.0. The zero-order chi connectivity index (χ0) is 26.6. The number of rotatable bonds is 10. The molecule has 0 aliphatic heterocycles. The summed E-state index contributed by atoms with van der Waals surface area (Å²) in [5.41, 5.74) is 6.10. The normalized spacial score (nSPS) is 10.6. The number of anilines is 1. The minimum absolute atomic E-state index is 0.175. The van der Waals surface area contributed by atoms with E-state index in [-0.39, 0.29) is 12.5 Å². The van der Waals surface area contributed by atoms with Crippen LogP contribution in [0, 0.1) is 13.8 Å². The quantitative estimate of drug-likeness (QED) is 0.223. The molecule has 0 unspecified atom stereocenters. The Balaban J connectivity index is 1.54. The number of para-hydroxylation sites is 1. The van der Waals surface area contributed by atoms with E-state index >= 15 is 0 Å². The van der Waals surface area contributed by atoms with Crippen LogP contribution in [-0.4, -0.2) is 37.1 Å². The fraction of sp³-hybridized carbons (Fsp3) is 0.214. The lowest BCUT2D eigenvalue weighted by molar-refractivity contribution is -0.136. The summed E-state index contributed by atoms with van der Waals surface area (Å²) < 4.78 is 11.3. The van der Waals surface area contributed by atoms with Gasteiger partial charge in [0, 0.05) is 12.2 Å². The number of ether oxygens (including phenoxy) is 2. The highest BCUT2D eigenvalue weighted by Crippen LogP contribution is 2.28. The van der Waals surface area contributed by atoms with Gasteiger partial charge in [0.05, 0.1) is 12.8 Å². The third-order valence-electron chi connectivity index (χ3n) is 5.26. The summed E-state index contributed by atoms with van der Waals surface area (Å²) in [5.74, 6) is -1.17. The molecule has 0 radical (unpaired) electrons. The van der Waals surface area contributed by atoms with E-state index in [1.54, 1.807) is 18.2 Å². The second-order valence-electron chi connectivity index (χ2n) is 8.11. The van der Waals surface area contributed by atoms with Gasteiger partial charge in [0.2, 0.25) is 0 Å². The molecule has 9 nitrogen and oxygen atoms in total. The summed E-state index contributed by atoms with van der Waals surface area (Å²) in [6.45, 7) is 6.13. The van der Waals surface area contributed by atoms with Gasteiger partial charge < -0.3 is 20.1 Å². The standard InChI is InChI=1S/C28H30N4O5/c1-4-36-24-15-22(13-14-23(24)37-18-25(33)29-16-21-11-6-5-7-12-21)17-30-32-28(35)27(34)31-26-19(2)9-8-10-20(26)3/h5-15,17H,4,16,18H2,1-3H3,(H,29,33)(H,31,34)(H,32,35)/b30-17-. The Hall–Kier alpha value is -4.66. The fourth-order valence-electron chi connectivity index (χ4n) is 3.38. The first kappa shape index (κ1) is 26.9. The van der Waals surface area contributed by atoms with Crippen molar-refractivity contribution in [2.24, 2.45) is 5.10 Å². The van der Waals surface area contributed by atoms with Crippen LogP contribution in [0.15, 0.2) is 71.8 Å². The topological polar surface area (TPSA) is 118 Å². The van der Waals surface area contributed by atoms with Crippen LogP contribution < -0.4 is 25.5 Å². The third kappa shape index (κ3) is 8.21. The van der Waals surface area contributed by atoms with Crippen LogP contribution in [0.25, 0.3) is 0 Å². The second-order valence-corrected chi connectivity index (χ2v) is 8.11. The molecule has 37 heavy (non-hydrogen) atoms. The Kier molecular flexibility index (Phi) is 9.78. The largest absolute Gasteiger partial charge is 0.490 e. The van der Waals surface area contributed by atoms with Gasteiger partial charge in [0.25, 0.3) is 5.91 Å². The minimum atomic E-state index is -0.898. The van der Waals surface area contributed by atoms with Crippen LogP contribution in [-0.2, 0) is 20.9 Å². The van der Waals surface area contributed by atoms with E-state index in [1.807, 2.05) is 69.3 Å². The smallest absolute Gasteiger partial charge is 0.329 e. The molecule has 0 aliphatic rings. The first-order chi connectivity index (χ1) is 17.9. The first-order valence-corrected chi connectivity index (χ1v) is 11.8. The molecule has 0 aromatic heterocycles. The number of hydrogen-bond acceptors (Lipinski definition) is 6.